The number of hydrogen-bond acceptors (Lipinski definition) is 3. The first-order valence-electron chi connectivity index (χ1n) is 3.46. The number of hydrogen-bond donors (Lipinski definition) is 1. The van der Waals surface area contributed by atoms with Crippen LogP contribution in [0.25, 0.3) is 0 Å². The van der Waals surface area contributed by atoms with Crippen molar-refractivity contribution in [3.63, 3.8) is 0 Å². The summed E-state index contributed by atoms with van der Waals surface area (Å²) in [6, 6.07) is 6.33. The van der Waals surface area contributed by atoms with Gasteiger partial charge in [0.25, 0.3) is 0 Å². The Hall–Kier alpha value is -1.39. The molecule has 1 aromatic rings. The van der Waals surface area contributed by atoms with Crippen molar-refractivity contribution in [3.8, 4) is 5.75 Å². The molecule has 0 saturated carbocycles. The van der Waals surface area contributed by atoms with E-state index in [2.05, 4.69) is 0 Å². The molecule has 4 nitrogen and oxygen atoms in total. The van der Waals surface area contributed by atoms with E-state index in [0.29, 0.717) is 11.4 Å². The number of nitrogens with two attached hydrogens (primary N) is 1. The first-order valence-corrected chi connectivity index (χ1v) is 3.46. The topological polar surface area (TPSA) is 66.0 Å². The van der Waals surface area contributed by atoms with Crippen molar-refractivity contribution < 1.29 is 15.0 Å². The maximum atomic E-state index is 10.5. The van der Waals surface area contributed by atoms with Gasteiger partial charge in [-0.2, -0.15) is 0 Å². The van der Waals surface area contributed by atoms with Crippen LogP contribution in [0.5, 0.6) is 5.75 Å². The van der Waals surface area contributed by atoms with Gasteiger partial charge >= 0.3 is 5.97 Å². The highest BCUT2D eigenvalue weighted by atomic mass is 16.5. The monoisotopic (exact) mass is 167 g/mol. The molecule has 0 atom stereocenters. The second-order valence-corrected chi connectivity index (χ2v) is 2.28. The molecule has 0 radical (unpaired) electrons. The molecule has 0 heterocycles. The van der Waals surface area contributed by atoms with Crippen LogP contribution in [0.2, 0.25) is 0 Å². The molecular weight excluding hydrogens is 158 g/mol. The van der Waals surface area contributed by atoms with Crippen LogP contribution in [-0.2, 0) is 4.79 Å². The number of quaternary nitrogens is 1. The molecule has 12 heavy (non-hydrogen) atoms. The number of esters is 1. The molecule has 2 N–H and O–H groups in total. The third-order valence-electron chi connectivity index (χ3n) is 1.28. The predicted octanol–water partition coefficient (Wildman–Crippen LogP) is 0.305. The number of benzene rings is 1. The number of rotatable bonds is 2. The van der Waals surface area contributed by atoms with Crippen molar-refractivity contribution in [1.29, 1.82) is 0 Å². The third-order valence-corrected chi connectivity index (χ3v) is 1.28. The van der Waals surface area contributed by atoms with E-state index in [-0.39, 0.29) is 5.97 Å². The molecule has 0 bridgehead atoms. The second-order valence-electron chi connectivity index (χ2n) is 2.28. The Morgan fingerprint density at radius 2 is 2.00 bits per heavy atom. The van der Waals surface area contributed by atoms with Gasteiger partial charge in [-0.05, 0) is 12.1 Å². The first kappa shape index (κ1) is 8.70. The average Bonchev–Trinajstić information content (AvgIpc) is 2.05. The summed E-state index contributed by atoms with van der Waals surface area (Å²) in [7, 11) is 0. The summed E-state index contributed by atoms with van der Waals surface area (Å²) in [5, 5.41) is 10.2. The van der Waals surface area contributed by atoms with Gasteiger partial charge in [0.05, 0.1) is 0 Å². The van der Waals surface area contributed by atoms with E-state index in [4.69, 9.17) is 4.74 Å². The summed E-state index contributed by atoms with van der Waals surface area (Å²) < 4.78 is 4.76. The van der Waals surface area contributed by atoms with Crippen LogP contribution in [0.15, 0.2) is 24.3 Å². The Morgan fingerprint density at radius 1 is 1.42 bits per heavy atom. The summed E-state index contributed by atoms with van der Waals surface area (Å²) in [5.74, 6) is 0.0851. The molecule has 0 aliphatic carbocycles. The summed E-state index contributed by atoms with van der Waals surface area (Å²) in [6.07, 6.45) is 0. The normalized spacial score (nSPS) is 9.50. The zero-order valence-electron chi connectivity index (χ0n) is 6.61. The highest BCUT2D eigenvalue weighted by Crippen LogP contribution is 2.12. The zero-order valence-corrected chi connectivity index (χ0v) is 6.61. The second kappa shape index (κ2) is 3.85. The molecule has 0 fully saturated rings. The van der Waals surface area contributed by atoms with Crippen LogP contribution in [0.4, 0.5) is 5.69 Å². The lowest BCUT2D eigenvalue weighted by atomic mass is 10.3. The summed E-state index contributed by atoms with van der Waals surface area (Å²) in [6.45, 7) is 1.33. The largest absolute Gasteiger partial charge is 0.630 e. The lowest BCUT2D eigenvalue weighted by Gasteiger charge is -2.02. The van der Waals surface area contributed by atoms with Crippen molar-refractivity contribution in [1.82, 2.24) is 0 Å². The van der Waals surface area contributed by atoms with Crippen LogP contribution < -0.4 is 10.2 Å². The zero-order chi connectivity index (χ0) is 8.97. The van der Waals surface area contributed by atoms with E-state index in [0.717, 1.165) is 5.48 Å². The average molecular weight is 167 g/mol. The van der Waals surface area contributed by atoms with Crippen molar-refractivity contribution >= 4 is 11.7 Å². The summed E-state index contributed by atoms with van der Waals surface area (Å²) in [4.78, 5) is 10.5. The van der Waals surface area contributed by atoms with Gasteiger partial charge in [0, 0.05) is 19.1 Å². The molecule has 0 spiro atoms. The van der Waals surface area contributed by atoms with Crippen molar-refractivity contribution in [3.05, 3.63) is 29.5 Å². The van der Waals surface area contributed by atoms with Crippen LogP contribution in [0, 0.1) is 5.21 Å². The quantitative estimate of drug-likeness (QED) is 0.298. The fraction of sp³-hybridized carbons (Fsp3) is 0.125. The minimum absolute atomic E-state index is 0.367. The molecule has 4 heteroatoms. The Kier molecular flexibility index (Phi) is 2.79. The smallest absolute Gasteiger partial charge is 0.308 e. The molecular formula is C8H9NO3. The Morgan fingerprint density at radius 3 is 2.42 bits per heavy atom. The van der Waals surface area contributed by atoms with E-state index in [9.17, 15) is 10.0 Å². The van der Waals surface area contributed by atoms with Crippen molar-refractivity contribution in [2.24, 2.45) is 0 Å². The van der Waals surface area contributed by atoms with Crippen LogP contribution >= 0.6 is 0 Å². The highest BCUT2D eigenvalue weighted by molar-refractivity contribution is 5.69. The Bertz CT molecular complexity index is 268. The van der Waals surface area contributed by atoms with Crippen molar-refractivity contribution in [2.75, 3.05) is 0 Å². The van der Waals surface area contributed by atoms with Gasteiger partial charge in [-0.1, -0.05) is 0 Å². The van der Waals surface area contributed by atoms with E-state index in [1.54, 1.807) is 24.3 Å². The Labute approximate surface area is 69.7 Å². The molecule has 64 valence electrons. The standard InChI is InChI=1S/C8H9NO3/c1-6(10)12-8-4-2-7(9-11)3-5-8/h2-5H,9H2,1H3. The van der Waals surface area contributed by atoms with Gasteiger partial charge in [-0.15, -0.1) is 0 Å². The molecule has 1 rings (SSSR count). The molecule has 0 aliphatic heterocycles. The highest BCUT2D eigenvalue weighted by Gasteiger charge is 1.97. The van der Waals surface area contributed by atoms with E-state index >= 15 is 0 Å². The van der Waals surface area contributed by atoms with Gasteiger partial charge in [0.1, 0.15) is 11.4 Å². The van der Waals surface area contributed by atoms with Crippen LogP contribution in [-0.4, -0.2) is 5.97 Å². The third kappa shape index (κ3) is 2.34. The molecule has 0 amide bonds. The molecule has 0 saturated heterocycles. The minimum atomic E-state index is -0.367. The number of carbonyl (C=O) groups excluding carboxylic acids is 1. The van der Waals surface area contributed by atoms with Gasteiger partial charge in [0.2, 0.25) is 0 Å². The van der Waals surface area contributed by atoms with Gasteiger partial charge < -0.3 is 15.4 Å². The molecule has 0 aromatic heterocycles. The lowest BCUT2D eigenvalue weighted by molar-refractivity contribution is -0.497. The molecule has 0 aliphatic rings. The summed E-state index contributed by atoms with van der Waals surface area (Å²) >= 11 is 0. The molecule has 1 aromatic carbocycles. The first-order chi connectivity index (χ1) is 5.72. The van der Waals surface area contributed by atoms with E-state index < -0.39 is 0 Å². The number of carbonyl (C=O) groups is 1. The van der Waals surface area contributed by atoms with Crippen LogP contribution in [0.1, 0.15) is 6.92 Å². The fourth-order valence-electron chi connectivity index (χ4n) is 0.780. The SMILES string of the molecule is CC(=O)Oc1ccc([NH2+][O-])cc1. The van der Waals surface area contributed by atoms with Gasteiger partial charge in [-0.25, -0.2) is 0 Å². The fourth-order valence-corrected chi connectivity index (χ4v) is 0.780. The maximum Gasteiger partial charge on any atom is 0.308 e. The summed E-state index contributed by atoms with van der Waals surface area (Å²) in [5.41, 5.74) is 1.29. The number of ether oxygens (including phenoxy) is 1. The van der Waals surface area contributed by atoms with Gasteiger partial charge in [0.15, 0.2) is 0 Å². The van der Waals surface area contributed by atoms with E-state index in [1.807, 2.05) is 0 Å². The van der Waals surface area contributed by atoms with Crippen molar-refractivity contribution in [2.45, 2.75) is 6.92 Å². The predicted molar refractivity (Wildman–Crippen MR) is 42.7 cm³/mol. The van der Waals surface area contributed by atoms with Crippen LogP contribution in [0.3, 0.4) is 0 Å². The lowest BCUT2D eigenvalue weighted by Crippen LogP contribution is -2.70. The van der Waals surface area contributed by atoms with Gasteiger partial charge in [-0.3, -0.25) is 4.79 Å². The van der Waals surface area contributed by atoms with E-state index in [1.165, 1.54) is 6.92 Å². The Balaban J connectivity index is 2.71. The maximum absolute atomic E-state index is 10.5. The minimum Gasteiger partial charge on any atom is -0.630 e. The molecule has 0 unspecified atom stereocenters.